The summed E-state index contributed by atoms with van der Waals surface area (Å²) in [6.07, 6.45) is -0.161. The molecule has 0 bridgehead atoms. The molecule has 1 heterocycles. The zero-order chi connectivity index (χ0) is 14.1. The number of nitrogens with two attached hydrogens (primary N) is 1. The van der Waals surface area contributed by atoms with Crippen LogP contribution in [0.15, 0.2) is 42.5 Å². The molecule has 2 atom stereocenters. The van der Waals surface area contributed by atoms with Crippen LogP contribution >= 0.6 is 0 Å². The van der Waals surface area contributed by atoms with Crippen molar-refractivity contribution in [2.75, 3.05) is 6.61 Å². The van der Waals surface area contributed by atoms with E-state index in [1.54, 1.807) is 0 Å². The summed E-state index contributed by atoms with van der Waals surface area (Å²) >= 11 is 0. The van der Waals surface area contributed by atoms with E-state index in [-0.39, 0.29) is 12.1 Å². The third kappa shape index (κ3) is 2.49. The Bertz CT molecular complexity index is 604. The molecule has 0 spiro atoms. The van der Waals surface area contributed by atoms with Crippen molar-refractivity contribution in [3.05, 3.63) is 59.2 Å². The Morgan fingerprint density at radius 3 is 2.40 bits per heavy atom. The van der Waals surface area contributed by atoms with Crippen LogP contribution in [0.4, 0.5) is 0 Å². The molecule has 3 rings (SSSR count). The van der Waals surface area contributed by atoms with E-state index in [0.717, 1.165) is 17.1 Å². The second kappa shape index (κ2) is 5.17. The maximum Gasteiger partial charge on any atom is 0.161 e. The summed E-state index contributed by atoms with van der Waals surface area (Å²) in [4.78, 5) is 0. The Morgan fingerprint density at radius 2 is 1.70 bits per heavy atom. The summed E-state index contributed by atoms with van der Waals surface area (Å²) in [5, 5.41) is 0. The maximum atomic E-state index is 6.36. The van der Waals surface area contributed by atoms with E-state index >= 15 is 0 Å². The molecule has 2 aromatic rings. The van der Waals surface area contributed by atoms with Gasteiger partial charge in [0.25, 0.3) is 0 Å². The minimum absolute atomic E-state index is 0.161. The van der Waals surface area contributed by atoms with E-state index in [2.05, 4.69) is 32.0 Å². The van der Waals surface area contributed by atoms with Crippen LogP contribution in [0.2, 0.25) is 0 Å². The van der Waals surface area contributed by atoms with Gasteiger partial charge >= 0.3 is 0 Å². The molecule has 0 aliphatic carbocycles. The van der Waals surface area contributed by atoms with Gasteiger partial charge in [-0.15, -0.1) is 0 Å². The van der Waals surface area contributed by atoms with Gasteiger partial charge in [-0.05, 0) is 31.5 Å². The van der Waals surface area contributed by atoms with Crippen LogP contribution in [0, 0.1) is 13.8 Å². The van der Waals surface area contributed by atoms with Gasteiger partial charge in [-0.25, -0.2) is 0 Å². The molecule has 104 valence electrons. The molecule has 0 amide bonds. The Hall–Kier alpha value is -2.00. The van der Waals surface area contributed by atoms with Crippen molar-refractivity contribution in [3.8, 4) is 11.5 Å². The summed E-state index contributed by atoms with van der Waals surface area (Å²) in [7, 11) is 0. The van der Waals surface area contributed by atoms with Gasteiger partial charge in [-0.1, -0.05) is 41.5 Å². The van der Waals surface area contributed by atoms with E-state index in [1.165, 1.54) is 11.1 Å². The van der Waals surface area contributed by atoms with Crippen LogP contribution < -0.4 is 15.2 Å². The SMILES string of the molecule is Cc1cc(C)cc(C(N)C2COc3ccccc3O2)c1. The summed E-state index contributed by atoms with van der Waals surface area (Å²) in [5.74, 6) is 1.56. The predicted molar refractivity (Wildman–Crippen MR) is 79.2 cm³/mol. The minimum Gasteiger partial charge on any atom is -0.486 e. The summed E-state index contributed by atoms with van der Waals surface area (Å²) in [5.41, 5.74) is 9.88. The van der Waals surface area contributed by atoms with Crippen molar-refractivity contribution in [1.82, 2.24) is 0 Å². The van der Waals surface area contributed by atoms with E-state index in [4.69, 9.17) is 15.2 Å². The number of hydrogen-bond acceptors (Lipinski definition) is 3. The van der Waals surface area contributed by atoms with Gasteiger partial charge in [-0.2, -0.15) is 0 Å². The molecular weight excluding hydrogens is 250 g/mol. The molecule has 2 unspecified atom stereocenters. The number of ether oxygens (including phenoxy) is 2. The highest BCUT2D eigenvalue weighted by Gasteiger charge is 2.27. The Labute approximate surface area is 119 Å². The zero-order valence-electron chi connectivity index (χ0n) is 11.8. The van der Waals surface area contributed by atoms with Gasteiger partial charge in [0.05, 0.1) is 6.04 Å². The number of benzene rings is 2. The van der Waals surface area contributed by atoms with Gasteiger partial charge in [0.1, 0.15) is 6.61 Å². The molecular formula is C17H19NO2. The lowest BCUT2D eigenvalue weighted by Crippen LogP contribution is -2.39. The van der Waals surface area contributed by atoms with Crippen molar-refractivity contribution < 1.29 is 9.47 Å². The van der Waals surface area contributed by atoms with Gasteiger partial charge in [-0.3, -0.25) is 0 Å². The first kappa shape index (κ1) is 13.0. The fourth-order valence-electron chi connectivity index (χ4n) is 2.63. The van der Waals surface area contributed by atoms with Crippen molar-refractivity contribution in [1.29, 1.82) is 0 Å². The van der Waals surface area contributed by atoms with E-state index in [1.807, 2.05) is 24.3 Å². The molecule has 0 aromatic heterocycles. The van der Waals surface area contributed by atoms with Gasteiger partial charge < -0.3 is 15.2 Å². The van der Waals surface area contributed by atoms with Crippen LogP contribution in [0.1, 0.15) is 22.7 Å². The summed E-state index contributed by atoms with van der Waals surface area (Å²) in [6, 6.07) is 13.9. The summed E-state index contributed by atoms with van der Waals surface area (Å²) in [6.45, 7) is 4.64. The highest BCUT2D eigenvalue weighted by atomic mass is 16.6. The largest absolute Gasteiger partial charge is 0.486 e. The van der Waals surface area contributed by atoms with Crippen LogP contribution in [0.25, 0.3) is 0 Å². The zero-order valence-corrected chi connectivity index (χ0v) is 11.8. The molecule has 1 aliphatic heterocycles. The average Bonchev–Trinajstić information content (AvgIpc) is 2.45. The molecule has 1 aliphatic rings. The van der Waals surface area contributed by atoms with Crippen molar-refractivity contribution >= 4 is 0 Å². The number of rotatable bonds is 2. The van der Waals surface area contributed by atoms with Crippen molar-refractivity contribution in [2.45, 2.75) is 26.0 Å². The van der Waals surface area contributed by atoms with Crippen LogP contribution in [-0.4, -0.2) is 12.7 Å². The second-order valence-corrected chi connectivity index (χ2v) is 5.36. The van der Waals surface area contributed by atoms with E-state index < -0.39 is 0 Å². The number of fused-ring (bicyclic) bond motifs is 1. The summed E-state index contributed by atoms with van der Waals surface area (Å²) < 4.78 is 11.7. The number of para-hydroxylation sites is 2. The Balaban J connectivity index is 1.83. The molecule has 0 saturated heterocycles. The highest BCUT2D eigenvalue weighted by Crippen LogP contribution is 2.33. The normalized spacial score (nSPS) is 18.6. The van der Waals surface area contributed by atoms with Crippen molar-refractivity contribution in [2.24, 2.45) is 5.73 Å². The molecule has 3 nitrogen and oxygen atoms in total. The molecule has 0 fully saturated rings. The lowest BCUT2D eigenvalue weighted by molar-refractivity contribution is 0.0721. The third-order valence-corrected chi connectivity index (χ3v) is 3.56. The van der Waals surface area contributed by atoms with Gasteiger partial charge in [0, 0.05) is 0 Å². The first-order valence-corrected chi connectivity index (χ1v) is 6.86. The van der Waals surface area contributed by atoms with Crippen molar-refractivity contribution in [3.63, 3.8) is 0 Å². The average molecular weight is 269 g/mol. The Morgan fingerprint density at radius 1 is 1.05 bits per heavy atom. The van der Waals surface area contributed by atoms with E-state index in [9.17, 15) is 0 Å². The highest BCUT2D eigenvalue weighted by molar-refractivity contribution is 5.41. The smallest absolute Gasteiger partial charge is 0.161 e. The predicted octanol–water partition coefficient (Wildman–Crippen LogP) is 3.14. The molecule has 20 heavy (non-hydrogen) atoms. The number of hydrogen-bond donors (Lipinski definition) is 1. The topological polar surface area (TPSA) is 44.5 Å². The molecule has 0 saturated carbocycles. The lowest BCUT2D eigenvalue weighted by Gasteiger charge is -2.30. The third-order valence-electron chi connectivity index (χ3n) is 3.56. The first-order chi connectivity index (χ1) is 9.63. The first-order valence-electron chi connectivity index (χ1n) is 6.86. The molecule has 0 radical (unpaired) electrons. The maximum absolute atomic E-state index is 6.36. The molecule has 2 N–H and O–H groups in total. The van der Waals surface area contributed by atoms with Crippen LogP contribution in [0.5, 0.6) is 11.5 Å². The van der Waals surface area contributed by atoms with Gasteiger partial charge in [0.2, 0.25) is 0 Å². The second-order valence-electron chi connectivity index (χ2n) is 5.36. The fraction of sp³-hybridized carbons (Fsp3) is 0.294. The quantitative estimate of drug-likeness (QED) is 0.911. The van der Waals surface area contributed by atoms with E-state index in [0.29, 0.717) is 6.61 Å². The van der Waals surface area contributed by atoms with Gasteiger partial charge in [0.15, 0.2) is 17.6 Å². The number of aryl methyl sites for hydroxylation is 2. The molecule has 2 aromatic carbocycles. The monoisotopic (exact) mass is 269 g/mol. The Kier molecular flexibility index (Phi) is 3.36. The standard InChI is InChI=1S/C17H19NO2/c1-11-7-12(2)9-13(8-11)17(18)16-10-19-14-5-3-4-6-15(14)20-16/h3-9,16-17H,10,18H2,1-2H3. The van der Waals surface area contributed by atoms with Crippen LogP contribution in [0.3, 0.4) is 0 Å². The van der Waals surface area contributed by atoms with Crippen LogP contribution in [-0.2, 0) is 0 Å². The molecule has 3 heteroatoms. The fourth-order valence-corrected chi connectivity index (χ4v) is 2.63. The lowest BCUT2D eigenvalue weighted by atomic mass is 9.98. The minimum atomic E-state index is -0.193.